The van der Waals surface area contributed by atoms with Crippen molar-refractivity contribution in [1.82, 2.24) is 4.90 Å². The van der Waals surface area contributed by atoms with Gasteiger partial charge in [0.15, 0.2) is 0 Å². The fourth-order valence-corrected chi connectivity index (χ4v) is 1.70. The van der Waals surface area contributed by atoms with E-state index in [1.807, 2.05) is 0 Å². The number of hydrogen-bond acceptors (Lipinski definition) is 4. The molecule has 0 aliphatic carbocycles. The van der Waals surface area contributed by atoms with E-state index in [4.69, 9.17) is 8.92 Å². The molecule has 66 valence electrons. The third-order valence-electron chi connectivity index (χ3n) is 1.64. The lowest BCUT2D eigenvalue weighted by Crippen LogP contribution is -2.38. The first-order chi connectivity index (χ1) is 5.43. The maximum Gasteiger partial charge on any atom is 0.0750 e. The van der Waals surface area contributed by atoms with E-state index in [1.165, 1.54) is 9.21 Å². The van der Waals surface area contributed by atoms with Gasteiger partial charge in [-0.3, -0.25) is 4.90 Å². The fourth-order valence-electron chi connectivity index (χ4n) is 1.02. The van der Waals surface area contributed by atoms with Crippen molar-refractivity contribution in [2.75, 3.05) is 39.5 Å². The summed E-state index contributed by atoms with van der Waals surface area (Å²) >= 11 is 2.13. The summed E-state index contributed by atoms with van der Waals surface area (Å²) < 4.78 is 10.4. The van der Waals surface area contributed by atoms with Gasteiger partial charge in [-0.15, -0.1) is 0 Å². The van der Waals surface area contributed by atoms with Crippen molar-refractivity contribution < 1.29 is 8.92 Å². The van der Waals surface area contributed by atoms with E-state index in [-0.39, 0.29) is 0 Å². The van der Waals surface area contributed by atoms with Gasteiger partial charge in [0.2, 0.25) is 0 Å². The van der Waals surface area contributed by atoms with E-state index >= 15 is 0 Å². The average Bonchev–Trinajstić information content (AvgIpc) is 2.07. The Kier molecular flexibility index (Phi) is 5.91. The highest BCUT2D eigenvalue weighted by molar-refractivity contribution is 14.2. The first kappa shape index (κ1) is 10.0. The minimum atomic E-state index is 0.813. The van der Waals surface area contributed by atoms with Crippen molar-refractivity contribution in [1.29, 1.82) is 0 Å². The molecule has 0 N–H and O–H groups in total. The molecule has 1 heterocycles. The fraction of sp³-hybridized carbons (Fsp3) is 1.00. The Morgan fingerprint density at radius 3 is 2.82 bits per heavy atom. The maximum atomic E-state index is 5.22. The smallest absolute Gasteiger partial charge is 0.0750 e. The SMILES string of the molecule is ISOCCN1CCOCC1. The van der Waals surface area contributed by atoms with Crippen LogP contribution in [0.1, 0.15) is 0 Å². The highest BCUT2D eigenvalue weighted by Gasteiger charge is 2.08. The summed E-state index contributed by atoms with van der Waals surface area (Å²) in [5, 5.41) is 0. The third-order valence-corrected chi connectivity index (χ3v) is 2.66. The summed E-state index contributed by atoms with van der Waals surface area (Å²) in [6.45, 7) is 5.69. The summed E-state index contributed by atoms with van der Waals surface area (Å²) in [6, 6.07) is 0. The normalized spacial score (nSPS) is 20.5. The first-order valence-corrected chi connectivity index (χ1v) is 6.92. The Balaban J connectivity index is 1.96. The van der Waals surface area contributed by atoms with Gasteiger partial charge in [-0.05, 0) is 0 Å². The van der Waals surface area contributed by atoms with Crippen LogP contribution in [-0.2, 0) is 8.92 Å². The van der Waals surface area contributed by atoms with Crippen molar-refractivity contribution in [2.45, 2.75) is 0 Å². The van der Waals surface area contributed by atoms with Gasteiger partial charge in [-0.2, -0.15) is 0 Å². The van der Waals surface area contributed by atoms with Crippen LogP contribution in [0.2, 0.25) is 0 Å². The average molecular weight is 289 g/mol. The quantitative estimate of drug-likeness (QED) is 0.442. The Morgan fingerprint density at radius 1 is 1.45 bits per heavy atom. The summed E-state index contributed by atoms with van der Waals surface area (Å²) in [4.78, 5) is 2.36. The molecule has 1 aliphatic rings. The van der Waals surface area contributed by atoms with E-state index in [1.54, 1.807) is 0 Å². The molecule has 0 atom stereocenters. The molecule has 0 amide bonds. The van der Waals surface area contributed by atoms with E-state index in [0.29, 0.717) is 0 Å². The molecule has 0 spiro atoms. The highest BCUT2D eigenvalue weighted by Crippen LogP contribution is 2.11. The van der Waals surface area contributed by atoms with Crippen LogP contribution >= 0.6 is 30.4 Å². The highest BCUT2D eigenvalue weighted by atomic mass is 127. The minimum Gasteiger partial charge on any atom is -0.379 e. The zero-order valence-electron chi connectivity index (χ0n) is 6.29. The molecule has 0 aromatic rings. The van der Waals surface area contributed by atoms with Crippen molar-refractivity contribution in [3.05, 3.63) is 0 Å². The van der Waals surface area contributed by atoms with Crippen molar-refractivity contribution in [3.8, 4) is 0 Å². The molecule has 0 unspecified atom stereocenters. The summed E-state index contributed by atoms with van der Waals surface area (Å²) in [7, 11) is 1.40. The standard InChI is InChI=1S/C6H12INO2S/c7-11-10-6-3-8-1-4-9-5-2-8/h1-6H2. The van der Waals surface area contributed by atoms with Crippen molar-refractivity contribution in [3.63, 3.8) is 0 Å². The Bertz CT molecular complexity index is 101. The monoisotopic (exact) mass is 289 g/mol. The van der Waals surface area contributed by atoms with Gasteiger partial charge in [-0.1, -0.05) is 0 Å². The molecule has 0 radical (unpaired) electrons. The van der Waals surface area contributed by atoms with Gasteiger partial charge in [0.25, 0.3) is 0 Å². The number of ether oxygens (including phenoxy) is 1. The van der Waals surface area contributed by atoms with Crippen molar-refractivity contribution >= 4 is 30.4 Å². The van der Waals surface area contributed by atoms with E-state index < -0.39 is 0 Å². The second kappa shape index (κ2) is 6.47. The van der Waals surface area contributed by atoms with Crippen LogP contribution < -0.4 is 0 Å². The zero-order valence-corrected chi connectivity index (χ0v) is 9.27. The number of halogens is 1. The number of hydrogen-bond donors (Lipinski definition) is 0. The van der Waals surface area contributed by atoms with Gasteiger partial charge in [0.05, 0.1) is 29.0 Å². The summed E-state index contributed by atoms with van der Waals surface area (Å²) in [5.74, 6) is 0. The topological polar surface area (TPSA) is 21.7 Å². The maximum absolute atomic E-state index is 5.22. The van der Waals surface area contributed by atoms with Gasteiger partial charge >= 0.3 is 0 Å². The molecule has 11 heavy (non-hydrogen) atoms. The Morgan fingerprint density at radius 2 is 2.18 bits per heavy atom. The molecule has 0 bridgehead atoms. The first-order valence-electron chi connectivity index (χ1n) is 3.64. The zero-order chi connectivity index (χ0) is 7.94. The summed E-state index contributed by atoms with van der Waals surface area (Å²) in [6.07, 6.45) is 0. The van der Waals surface area contributed by atoms with Crippen LogP contribution in [0, 0.1) is 0 Å². The van der Waals surface area contributed by atoms with Crippen molar-refractivity contribution in [2.24, 2.45) is 0 Å². The van der Waals surface area contributed by atoms with Crippen LogP contribution in [0.25, 0.3) is 0 Å². The van der Waals surface area contributed by atoms with Gasteiger partial charge in [0.1, 0.15) is 0 Å². The molecular weight excluding hydrogens is 277 g/mol. The summed E-state index contributed by atoms with van der Waals surface area (Å²) in [5.41, 5.74) is 0. The van der Waals surface area contributed by atoms with Crippen LogP contribution in [0.15, 0.2) is 0 Å². The number of rotatable bonds is 4. The lowest BCUT2D eigenvalue weighted by Gasteiger charge is -2.25. The molecule has 1 rings (SSSR count). The van der Waals surface area contributed by atoms with Crippen LogP contribution in [0.4, 0.5) is 0 Å². The predicted molar refractivity (Wildman–Crippen MR) is 54.8 cm³/mol. The third kappa shape index (κ3) is 4.51. The molecule has 3 nitrogen and oxygen atoms in total. The second-order valence-corrected chi connectivity index (χ2v) is 3.78. The van der Waals surface area contributed by atoms with Gasteiger partial charge < -0.3 is 8.92 Å². The van der Waals surface area contributed by atoms with Crippen LogP contribution in [0.5, 0.6) is 0 Å². The molecule has 0 saturated carbocycles. The van der Waals surface area contributed by atoms with Gasteiger partial charge in [0, 0.05) is 40.8 Å². The minimum absolute atomic E-state index is 0.813. The molecule has 5 heteroatoms. The van der Waals surface area contributed by atoms with E-state index in [0.717, 1.165) is 39.5 Å². The Labute approximate surface area is 83.6 Å². The van der Waals surface area contributed by atoms with Crippen LogP contribution in [0.3, 0.4) is 0 Å². The largest absolute Gasteiger partial charge is 0.379 e. The molecule has 0 aromatic carbocycles. The lowest BCUT2D eigenvalue weighted by atomic mass is 10.4. The predicted octanol–water partition coefficient (Wildman–Crippen LogP) is 1.33. The number of morpholine rings is 1. The van der Waals surface area contributed by atoms with E-state index in [9.17, 15) is 0 Å². The molecule has 1 aliphatic heterocycles. The van der Waals surface area contributed by atoms with Crippen LogP contribution in [-0.4, -0.2) is 44.4 Å². The second-order valence-electron chi connectivity index (χ2n) is 2.34. The van der Waals surface area contributed by atoms with E-state index in [2.05, 4.69) is 26.1 Å². The molecule has 1 fully saturated rings. The lowest BCUT2D eigenvalue weighted by molar-refractivity contribution is 0.0335. The number of nitrogens with zero attached hydrogens (tertiary/aromatic N) is 1. The Hall–Kier alpha value is 0.960. The molecular formula is C6H12INO2S. The van der Waals surface area contributed by atoms with Gasteiger partial charge in [-0.25, -0.2) is 0 Å². The molecule has 0 aromatic heterocycles. The molecule has 1 saturated heterocycles.